The van der Waals surface area contributed by atoms with Crippen LogP contribution in [0.4, 0.5) is 0 Å². The van der Waals surface area contributed by atoms with Crippen molar-refractivity contribution in [2.45, 2.75) is 0 Å². The van der Waals surface area contributed by atoms with Gasteiger partial charge in [-0.3, -0.25) is 0 Å². The maximum atomic E-state index is 0. The van der Waals surface area contributed by atoms with E-state index in [-0.39, 0.29) is 56.4 Å². The monoisotopic (exact) mass is 190 g/mol. The van der Waals surface area contributed by atoms with Crippen molar-refractivity contribution < 1.29 is 9.41 Å². The van der Waals surface area contributed by atoms with Gasteiger partial charge in [0.25, 0.3) is 0 Å². The Labute approximate surface area is 56.2 Å². The van der Waals surface area contributed by atoms with Crippen LogP contribution in [0.5, 0.6) is 0 Å². The average molecular weight is 190 g/mol. The Morgan fingerprint density at radius 1 is 0.750 bits per heavy atom. The van der Waals surface area contributed by atoms with E-state index in [0.717, 1.165) is 0 Å². The van der Waals surface area contributed by atoms with Gasteiger partial charge in [0.15, 0.2) is 0 Å². The molecule has 4 heavy (non-hydrogen) atoms. The van der Waals surface area contributed by atoms with Gasteiger partial charge in [-0.05, 0) is 0 Å². The fraction of sp³-hybridized carbons (Fsp3) is 0. The summed E-state index contributed by atoms with van der Waals surface area (Å²) in [4.78, 5) is 0. The zero-order valence-corrected chi connectivity index (χ0v) is 5.62. The van der Waals surface area contributed by atoms with E-state index in [9.17, 15) is 0 Å². The van der Waals surface area contributed by atoms with Crippen LogP contribution < -0.4 is 9.41 Å². The minimum atomic E-state index is 0. The molecule has 0 aromatic carbocycles. The third kappa shape index (κ3) is 10.1. The van der Waals surface area contributed by atoms with Crippen LogP contribution in [-0.4, -0.2) is 23.1 Å². The van der Waals surface area contributed by atoms with Crippen molar-refractivity contribution in [1.82, 2.24) is 0 Å². The normalized spacial score (nSPS) is 0. The van der Waals surface area contributed by atoms with Crippen molar-refractivity contribution in [3.63, 3.8) is 0 Å². The van der Waals surface area contributed by atoms with Gasteiger partial charge in [0.1, 0.15) is 0 Å². The molecule has 0 aliphatic heterocycles. The number of hydrogen-bond donors (Lipinski definition) is 0. The first kappa shape index (κ1) is 55.3. The fourth-order valence-corrected chi connectivity index (χ4v) is 0. The summed E-state index contributed by atoms with van der Waals surface area (Å²) in [5.74, 6) is 0. The number of halogens is 3. The van der Waals surface area contributed by atoms with Crippen LogP contribution in [0, 0.1) is 0 Å². The van der Waals surface area contributed by atoms with Crippen molar-refractivity contribution in [2.24, 2.45) is 0 Å². The van der Waals surface area contributed by atoms with Gasteiger partial charge >= 0.3 is 23.1 Å². The third-order valence-electron chi connectivity index (χ3n) is 0. The molecule has 0 saturated carbocycles. The molecular weight excluding hydrogens is 189 g/mol. The molecule has 0 aromatic rings. The summed E-state index contributed by atoms with van der Waals surface area (Å²) < 4.78 is 0. The summed E-state index contributed by atoms with van der Waals surface area (Å²) in [6.45, 7) is 0. The largest absolute Gasteiger partial charge is 2.00 e. The van der Waals surface area contributed by atoms with Gasteiger partial charge in [-0.1, -0.05) is 0 Å². The first-order valence-corrected chi connectivity index (χ1v) is 0. The van der Waals surface area contributed by atoms with E-state index in [2.05, 4.69) is 0 Å². The first-order chi connectivity index (χ1) is 0. The molecule has 0 aliphatic rings. The third-order valence-corrected chi connectivity index (χ3v) is 0. The smallest absolute Gasteiger partial charge is 1.00 e. The molecule has 0 unspecified atom stereocenters. The summed E-state index contributed by atoms with van der Waals surface area (Å²) in [5.41, 5.74) is 0. The number of hydrogen-bond acceptors (Lipinski definition) is 0. The van der Waals surface area contributed by atoms with Crippen molar-refractivity contribution in [3.8, 4) is 0 Å². The van der Waals surface area contributed by atoms with E-state index in [0.29, 0.717) is 0 Å². The van der Waals surface area contributed by atoms with Gasteiger partial charge in [0.05, 0.1) is 0 Å². The predicted octanol–water partition coefficient (Wildman–Crippen LogP) is -5.75. The summed E-state index contributed by atoms with van der Waals surface area (Å²) >= 11 is 0. The Morgan fingerprint density at radius 3 is 0.750 bits per heavy atom. The molecule has 0 fully saturated rings. The Balaban J connectivity index is 0. The van der Waals surface area contributed by atoms with Gasteiger partial charge in [-0.15, -0.1) is 24.0 Å². The Hall–Kier alpha value is 1.36. The predicted molar refractivity (Wildman–Crippen MR) is 21.2 cm³/mol. The zero-order chi connectivity index (χ0) is 0. The molecule has 0 rings (SSSR count). The van der Waals surface area contributed by atoms with E-state index >= 15 is 0 Å². The summed E-state index contributed by atoms with van der Waals surface area (Å²) in [6.07, 6.45) is 0. The van der Waals surface area contributed by atoms with E-state index in [1.807, 2.05) is 0 Å². The molecule has 0 aromatic heterocycles. The van der Waals surface area contributed by atoms with Crippen LogP contribution in [0.1, 0.15) is 0 Å². The SMILES string of the molecule is I.[F-].[F-].[Mg+2]. The van der Waals surface area contributed by atoms with Gasteiger partial charge in [-0.2, -0.15) is 0 Å². The van der Waals surface area contributed by atoms with Crippen LogP contribution in [0.25, 0.3) is 0 Å². The van der Waals surface area contributed by atoms with Gasteiger partial charge < -0.3 is 9.41 Å². The quantitative estimate of drug-likeness (QED) is 0.264. The molecule has 0 radical (unpaired) electrons. The second-order valence-corrected chi connectivity index (χ2v) is 0. The van der Waals surface area contributed by atoms with E-state index in [1.165, 1.54) is 0 Å². The Kier molecular flexibility index (Phi) is 369. The standard InChI is InChI=1S/2FH.HI.Mg/h3*1H;/q;;;+2/p-2. The zero-order valence-electron chi connectivity index (χ0n) is 1.87. The van der Waals surface area contributed by atoms with Gasteiger partial charge in [0.2, 0.25) is 0 Å². The molecule has 0 aliphatic carbocycles. The Morgan fingerprint density at radius 2 is 0.750 bits per heavy atom. The second-order valence-electron chi connectivity index (χ2n) is 0. The topological polar surface area (TPSA) is 0 Å². The minimum Gasteiger partial charge on any atom is -1.00 e. The van der Waals surface area contributed by atoms with Crippen LogP contribution >= 0.6 is 24.0 Å². The van der Waals surface area contributed by atoms with Crippen molar-refractivity contribution >= 4 is 47.0 Å². The summed E-state index contributed by atoms with van der Waals surface area (Å²) in [5, 5.41) is 0. The van der Waals surface area contributed by atoms with Crippen LogP contribution in [-0.2, 0) is 0 Å². The van der Waals surface area contributed by atoms with Crippen molar-refractivity contribution in [1.29, 1.82) is 0 Å². The number of rotatable bonds is 0. The molecule has 0 heterocycles. The molecule has 0 bridgehead atoms. The van der Waals surface area contributed by atoms with Crippen molar-refractivity contribution in [2.75, 3.05) is 0 Å². The summed E-state index contributed by atoms with van der Waals surface area (Å²) in [7, 11) is 0. The fourth-order valence-electron chi connectivity index (χ4n) is 0. The maximum Gasteiger partial charge on any atom is 2.00 e. The summed E-state index contributed by atoms with van der Waals surface area (Å²) in [6, 6.07) is 0. The first-order valence-electron chi connectivity index (χ1n) is 0. The molecule has 0 spiro atoms. The van der Waals surface area contributed by atoms with Crippen molar-refractivity contribution in [3.05, 3.63) is 0 Å². The molecule has 0 N–H and O–H groups in total. The average Bonchev–Trinajstić information content (AvgIpc) is 0. The van der Waals surface area contributed by atoms with Gasteiger partial charge in [-0.25, -0.2) is 0 Å². The molecule has 4 heteroatoms. The van der Waals surface area contributed by atoms with E-state index in [1.54, 1.807) is 0 Å². The van der Waals surface area contributed by atoms with Crippen LogP contribution in [0.2, 0.25) is 0 Å². The maximum absolute atomic E-state index is 0. The van der Waals surface area contributed by atoms with Crippen LogP contribution in [0.3, 0.4) is 0 Å². The molecule has 0 saturated heterocycles. The molecular formula is HF2IMg. The second kappa shape index (κ2) is 26.7. The Bertz CT molecular complexity index is 6.00. The van der Waals surface area contributed by atoms with Gasteiger partial charge in [0, 0.05) is 0 Å². The molecule has 24 valence electrons. The van der Waals surface area contributed by atoms with E-state index < -0.39 is 0 Å². The molecule has 0 amide bonds. The van der Waals surface area contributed by atoms with Crippen LogP contribution in [0.15, 0.2) is 0 Å². The molecule has 0 nitrogen and oxygen atoms in total. The van der Waals surface area contributed by atoms with E-state index in [4.69, 9.17) is 0 Å². The minimum absolute atomic E-state index is 0. The molecule has 0 atom stereocenters.